The molecule has 1 aliphatic heterocycles. The summed E-state index contributed by atoms with van der Waals surface area (Å²) in [5, 5.41) is 0. The number of ether oxygens (including phenoxy) is 2. The maximum Gasteiger partial charge on any atom is 0.319 e. The van der Waals surface area contributed by atoms with E-state index in [1.165, 1.54) is 0 Å². The van der Waals surface area contributed by atoms with Crippen LogP contribution in [-0.2, 0) is 19.1 Å². The molecule has 0 spiro atoms. The molecule has 4 heteroatoms. The molecule has 0 radical (unpaired) electrons. The Morgan fingerprint density at radius 1 is 1.29 bits per heavy atom. The minimum Gasteiger partial charge on any atom is -0.465 e. The van der Waals surface area contributed by atoms with Crippen molar-refractivity contribution < 1.29 is 19.1 Å². The maximum absolute atomic E-state index is 11.7. The molecule has 0 bridgehead atoms. The van der Waals surface area contributed by atoms with Gasteiger partial charge in [-0.1, -0.05) is 26.2 Å². The highest BCUT2D eigenvalue weighted by Crippen LogP contribution is 2.23. The quantitative estimate of drug-likeness (QED) is 0.406. The summed E-state index contributed by atoms with van der Waals surface area (Å²) in [6.45, 7) is 5.95. The van der Waals surface area contributed by atoms with Gasteiger partial charge in [0.1, 0.15) is 12.0 Å². The number of carbonyl (C=O) groups excluding carboxylic acids is 2. The van der Waals surface area contributed by atoms with Crippen molar-refractivity contribution in [2.75, 3.05) is 6.61 Å². The van der Waals surface area contributed by atoms with Gasteiger partial charge < -0.3 is 9.47 Å². The van der Waals surface area contributed by atoms with E-state index in [1.807, 2.05) is 0 Å². The van der Waals surface area contributed by atoms with Crippen molar-refractivity contribution in [2.24, 2.45) is 5.92 Å². The fourth-order valence-electron chi connectivity index (χ4n) is 2.05. The van der Waals surface area contributed by atoms with Crippen molar-refractivity contribution >= 4 is 11.8 Å². The highest BCUT2D eigenvalue weighted by Gasteiger charge is 2.44. The highest BCUT2D eigenvalue weighted by atomic mass is 16.5. The first-order valence-electron chi connectivity index (χ1n) is 6.43. The van der Waals surface area contributed by atoms with Crippen LogP contribution in [-0.4, -0.2) is 30.6 Å². The molecule has 0 saturated carbocycles. The van der Waals surface area contributed by atoms with Crippen molar-refractivity contribution in [3.8, 4) is 0 Å². The molecule has 0 aromatic carbocycles. The molecule has 0 N–H and O–H groups in total. The molecule has 0 aromatic heterocycles. The minimum absolute atomic E-state index is 0.156. The van der Waals surface area contributed by atoms with Gasteiger partial charge in [-0.05, 0) is 20.3 Å². The number of Topliss-reactive ketones (excluding diaryl/α,β-unsaturated/α-hetero) is 1. The Morgan fingerprint density at radius 3 is 2.53 bits per heavy atom. The third-order valence-electron chi connectivity index (χ3n) is 3.09. The molecule has 17 heavy (non-hydrogen) atoms. The molecule has 1 heterocycles. The lowest BCUT2D eigenvalue weighted by molar-refractivity contribution is -0.152. The predicted octanol–water partition coefficient (Wildman–Crippen LogP) is 2.10. The summed E-state index contributed by atoms with van der Waals surface area (Å²) in [6.07, 6.45) is 3.38. The van der Waals surface area contributed by atoms with E-state index in [0.717, 1.165) is 25.7 Å². The Morgan fingerprint density at radius 2 is 2.00 bits per heavy atom. The van der Waals surface area contributed by atoms with E-state index in [1.54, 1.807) is 13.8 Å². The van der Waals surface area contributed by atoms with Crippen molar-refractivity contribution in [1.29, 1.82) is 0 Å². The number of ketones is 1. The van der Waals surface area contributed by atoms with Gasteiger partial charge in [-0.2, -0.15) is 0 Å². The Bertz CT molecular complexity index is 275. The number of esters is 1. The standard InChI is InChI=1S/C13H22O4/c1-4-5-6-7-8-16-13(15)11-9(2)17-10(3)12(11)14/h9-11H,4-8H2,1-3H3. The summed E-state index contributed by atoms with van der Waals surface area (Å²) in [7, 11) is 0. The van der Waals surface area contributed by atoms with Gasteiger partial charge in [0, 0.05) is 0 Å². The van der Waals surface area contributed by atoms with Gasteiger partial charge in [0.25, 0.3) is 0 Å². The van der Waals surface area contributed by atoms with Gasteiger partial charge in [-0.15, -0.1) is 0 Å². The fourth-order valence-corrected chi connectivity index (χ4v) is 2.05. The predicted molar refractivity (Wildman–Crippen MR) is 63.6 cm³/mol. The zero-order chi connectivity index (χ0) is 12.8. The van der Waals surface area contributed by atoms with Gasteiger partial charge in [-0.25, -0.2) is 0 Å². The molecule has 98 valence electrons. The number of rotatable bonds is 6. The van der Waals surface area contributed by atoms with Crippen molar-refractivity contribution in [2.45, 2.75) is 58.7 Å². The maximum atomic E-state index is 11.7. The lowest BCUT2D eigenvalue weighted by Gasteiger charge is -2.11. The van der Waals surface area contributed by atoms with Crippen LogP contribution < -0.4 is 0 Å². The topological polar surface area (TPSA) is 52.6 Å². The fraction of sp³-hybridized carbons (Fsp3) is 0.846. The van der Waals surface area contributed by atoms with Gasteiger partial charge in [-0.3, -0.25) is 9.59 Å². The summed E-state index contributed by atoms with van der Waals surface area (Å²) in [4.78, 5) is 23.4. The molecule has 1 saturated heterocycles. The summed E-state index contributed by atoms with van der Waals surface area (Å²) in [5.74, 6) is -1.31. The van der Waals surface area contributed by atoms with Gasteiger partial charge in [0.05, 0.1) is 12.7 Å². The van der Waals surface area contributed by atoms with E-state index in [4.69, 9.17) is 9.47 Å². The molecule has 0 amide bonds. The second kappa shape index (κ2) is 6.74. The van der Waals surface area contributed by atoms with Gasteiger partial charge >= 0.3 is 5.97 Å². The van der Waals surface area contributed by atoms with E-state index < -0.39 is 18.0 Å². The van der Waals surface area contributed by atoms with Crippen LogP contribution in [0, 0.1) is 5.92 Å². The second-order valence-corrected chi connectivity index (χ2v) is 4.59. The molecular weight excluding hydrogens is 220 g/mol. The summed E-state index contributed by atoms with van der Waals surface area (Å²) < 4.78 is 10.4. The van der Waals surface area contributed by atoms with E-state index in [0.29, 0.717) is 6.61 Å². The van der Waals surface area contributed by atoms with Crippen LogP contribution in [0.3, 0.4) is 0 Å². The summed E-state index contributed by atoms with van der Waals surface area (Å²) >= 11 is 0. The molecule has 1 fully saturated rings. The van der Waals surface area contributed by atoms with Crippen LogP contribution in [0.2, 0.25) is 0 Å². The summed E-state index contributed by atoms with van der Waals surface area (Å²) in [6, 6.07) is 0. The lowest BCUT2D eigenvalue weighted by atomic mass is 9.99. The van der Waals surface area contributed by atoms with Crippen LogP contribution in [0.1, 0.15) is 46.5 Å². The minimum atomic E-state index is -0.726. The Labute approximate surface area is 103 Å². The molecule has 0 aromatic rings. The van der Waals surface area contributed by atoms with Crippen LogP contribution in [0.4, 0.5) is 0 Å². The zero-order valence-corrected chi connectivity index (χ0v) is 10.9. The Kier molecular flexibility index (Phi) is 5.62. The van der Waals surface area contributed by atoms with Crippen molar-refractivity contribution in [1.82, 2.24) is 0 Å². The Hall–Kier alpha value is -0.900. The first-order valence-corrected chi connectivity index (χ1v) is 6.43. The van der Waals surface area contributed by atoms with E-state index in [2.05, 4.69) is 6.92 Å². The number of hydrogen-bond acceptors (Lipinski definition) is 4. The average molecular weight is 242 g/mol. The summed E-state index contributed by atoms with van der Waals surface area (Å²) in [5.41, 5.74) is 0. The second-order valence-electron chi connectivity index (χ2n) is 4.59. The molecule has 4 nitrogen and oxygen atoms in total. The number of carbonyl (C=O) groups is 2. The Balaban J connectivity index is 2.30. The van der Waals surface area contributed by atoms with E-state index in [9.17, 15) is 9.59 Å². The van der Waals surface area contributed by atoms with Gasteiger partial charge in [0.15, 0.2) is 5.78 Å². The molecule has 3 unspecified atom stereocenters. The van der Waals surface area contributed by atoms with Crippen molar-refractivity contribution in [3.63, 3.8) is 0 Å². The molecular formula is C13H22O4. The number of hydrogen-bond donors (Lipinski definition) is 0. The third kappa shape index (κ3) is 3.80. The van der Waals surface area contributed by atoms with Crippen LogP contribution >= 0.6 is 0 Å². The van der Waals surface area contributed by atoms with Crippen LogP contribution in [0.5, 0.6) is 0 Å². The molecule has 1 aliphatic rings. The monoisotopic (exact) mass is 242 g/mol. The first kappa shape index (κ1) is 14.2. The highest BCUT2D eigenvalue weighted by molar-refractivity contribution is 6.03. The SMILES string of the molecule is CCCCCCOC(=O)C1C(=O)C(C)OC1C. The normalized spacial score (nSPS) is 28.4. The van der Waals surface area contributed by atoms with E-state index in [-0.39, 0.29) is 11.9 Å². The first-order chi connectivity index (χ1) is 8.07. The largest absolute Gasteiger partial charge is 0.465 e. The van der Waals surface area contributed by atoms with E-state index >= 15 is 0 Å². The third-order valence-corrected chi connectivity index (χ3v) is 3.09. The number of unbranched alkanes of at least 4 members (excludes halogenated alkanes) is 3. The molecule has 1 rings (SSSR count). The molecule has 3 atom stereocenters. The molecule has 0 aliphatic carbocycles. The van der Waals surface area contributed by atoms with Crippen LogP contribution in [0.15, 0.2) is 0 Å². The van der Waals surface area contributed by atoms with Gasteiger partial charge in [0.2, 0.25) is 0 Å². The average Bonchev–Trinajstić information content (AvgIpc) is 2.53. The lowest BCUT2D eigenvalue weighted by Crippen LogP contribution is -2.30. The van der Waals surface area contributed by atoms with Crippen LogP contribution in [0.25, 0.3) is 0 Å². The zero-order valence-electron chi connectivity index (χ0n) is 10.9. The smallest absolute Gasteiger partial charge is 0.319 e. The van der Waals surface area contributed by atoms with Crippen molar-refractivity contribution in [3.05, 3.63) is 0 Å².